The van der Waals surface area contributed by atoms with E-state index in [1.807, 2.05) is 6.92 Å². The minimum atomic E-state index is -0.772. The van der Waals surface area contributed by atoms with Crippen molar-refractivity contribution >= 4 is 34.8 Å². The van der Waals surface area contributed by atoms with E-state index in [0.29, 0.717) is 29.3 Å². The van der Waals surface area contributed by atoms with E-state index < -0.39 is 29.3 Å². The molecule has 1 N–H and O–H groups in total. The SMILES string of the molecule is CCOc1ccccc1NC(=O)COC(=O)[C@@H]1CC(=O)N(c2ccc(C)c([N+](=O)[O-])c2)C1. The van der Waals surface area contributed by atoms with Crippen LogP contribution in [0, 0.1) is 23.0 Å². The molecule has 1 fully saturated rings. The van der Waals surface area contributed by atoms with Crippen LogP contribution >= 0.6 is 0 Å². The number of rotatable bonds is 8. The maximum Gasteiger partial charge on any atom is 0.311 e. The van der Waals surface area contributed by atoms with Crippen molar-refractivity contribution in [1.82, 2.24) is 0 Å². The number of amides is 2. The molecule has 1 saturated heterocycles. The van der Waals surface area contributed by atoms with Gasteiger partial charge in [-0.25, -0.2) is 0 Å². The zero-order valence-corrected chi connectivity index (χ0v) is 17.7. The van der Waals surface area contributed by atoms with E-state index in [1.54, 1.807) is 43.3 Å². The van der Waals surface area contributed by atoms with Crippen molar-refractivity contribution in [3.05, 3.63) is 58.1 Å². The van der Waals surface area contributed by atoms with Crippen molar-refractivity contribution in [3.8, 4) is 5.75 Å². The molecule has 2 amide bonds. The molecular formula is C22H23N3O7. The molecule has 2 aromatic carbocycles. The molecule has 1 heterocycles. The lowest BCUT2D eigenvalue weighted by atomic mass is 10.1. The van der Waals surface area contributed by atoms with Gasteiger partial charge in [0.05, 0.1) is 28.8 Å². The number of aryl methyl sites for hydroxylation is 1. The number of nitrogens with zero attached hydrogens (tertiary/aromatic N) is 2. The number of nitrogens with one attached hydrogen (secondary N) is 1. The molecule has 168 valence electrons. The minimum absolute atomic E-state index is 0.0205. The van der Waals surface area contributed by atoms with Crippen molar-refractivity contribution < 1.29 is 28.8 Å². The number of hydrogen-bond acceptors (Lipinski definition) is 7. The van der Waals surface area contributed by atoms with Gasteiger partial charge in [-0.3, -0.25) is 24.5 Å². The van der Waals surface area contributed by atoms with Crippen LogP contribution in [0.5, 0.6) is 5.75 Å². The number of nitro benzene ring substituents is 1. The van der Waals surface area contributed by atoms with Gasteiger partial charge in [-0.05, 0) is 32.0 Å². The molecule has 1 atom stereocenters. The van der Waals surface area contributed by atoms with Gasteiger partial charge in [0.1, 0.15) is 5.75 Å². The molecule has 0 unspecified atom stereocenters. The molecule has 10 nitrogen and oxygen atoms in total. The zero-order chi connectivity index (χ0) is 23.3. The van der Waals surface area contributed by atoms with Gasteiger partial charge in [0.2, 0.25) is 5.91 Å². The molecule has 0 radical (unpaired) electrons. The highest BCUT2D eigenvalue weighted by Gasteiger charge is 2.37. The molecule has 0 aliphatic carbocycles. The minimum Gasteiger partial charge on any atom is -0.492 e. The predicted octanol–water partition coefficient (Wildman–Crippen LogP) is 2.84. The second-order valence-corrected chi connectivity index (χ2v) is 7.22. The van der Waals surface area contributed by atoms with Crippen molar-refractivity contribution in [1.29, 1.82) is 0 Å². The number of para-hydroxylation sites is 2. The van der Waals surface area contributed by atoms with Gasteiger partial charge >= 0.3 is 5.97 Å². The Labute approximate surface area is 184 Å². The molecule has 3 rings (SSSR count). The first-order chi connectivity index (χ1) is 15.3. The summed E-state index contributed by atoms with van der Waals surface area (Å²) in [5, 5.41) is 13.8. The van der Waals surface area contributed by atoms with Gasteiger partial charge in [-0.15, -0.1) is 0 Å². The monoisotopic (exact) mass is 441 g/mol. The Morgan fingerprint density at radius 3 is 2.72 bits per heavy atom. The molecule has 2 aromatic rings. The topological polar surface area (TPSA) is 128 Å². The number of carbonyl (C=O) groups is 3. The van der Waals surface area contributed by atoms with Crippen LogP contribution < -0.4 is 15.0 Å². The zero-order valence-electron chi connectivity index (χ0n) is 17.7. The third-order valence-electron chi connectivity index (χ3n) is 4.97. The van der Waals surface area contributed by atoms with E-state index in [9.17, 15) is 24.5 Å². The maximum absolute atomic E-state index is 12.4. The summed E-state index contributed by atoms with van der Waals surface area (Å²) in [4.78, 5) is 48.9. The molecule has 0 saturated carbocycles. The van der Waals surface area contributed by atoms with Crippen molar-refractivity contribution in [2.75, 3.05) is 30.0 Å². The van der Waals surface area contributed by atoms with Crippen LogP contribution in [0.1, 0.15) is 18.9 Å². The van der Waals surface area contributed by atoms with Crippen LogP contribution in [-0.4, -0.2) is 42.5 Å². The van der Waals surface area contributed by atoms with Crippen LogP contribution in [0.4, 0.5) is 17.1 Å². The summed E-state index contributed by atoms with van der Waals surface area (Å²) < 4.78 is 10.5. The first-order valence-electron chi connectivity index (χ1n) is 10.0. The smallest absolute Gasteiger partial charge is 0.311 e. The highest BCUT2D eigenvalue weighted by Crippen LogP contribution is 2.30. The van der Waals surface area contributed by atoms with Gasteiger partial charge in [-0.1, -0.05) is 18.2 Å². The second kappa shape index (κ2) is 9.90. The Morgan fingerprint density at radius 2 is 2.00 bits per heavy atom. The number of hydrogen-bond donors (Lipinski definition) is 1. The lowest BCUT2D eigenvalue weighted by molar-refractivity contribution is -0.385. The molecule has 1 aliphatic heterocycles. The molecule has 0 bridgehead atoms. The third-order valence-corrected chi connectivity index (χ3v) is 4.97. The van der Waals surface area contributed by atoms with Gasteiger partial charge in [-0.2, -0.15) is 0 Å². The fourth-order valence-corrected chi connectivity index (χ4v) is 3.37. The summed E-state index contributed by atoms with van der Waals surface area (Å²) in [6, 6.07) is 11.3. The Morgan fingerprint density at radius 1 is 1.25 bits per heavy atom. The van der Waals surface area contributed by atoms with E-state index in [2.05, 4.69) is 5.32 Å². The summed E-state index contributed by atoms with van der Waals surface area (Å²) in [5.41, 5.74) is 1.16. The molecular weight excluding hydrogens is 418 g/mol. The lowest BCUT2D eigenvalue weighted by Gasteiger charge is -2.17. The van der Waals surface area contributed by atoms with E-state index >= 15 is 0 Å². The Kier molecular flexibility index (Phi) is 7.04. The normalized spacial score (nSPS) is 15.4. The number of nitro groups is 1. The Balaban J connectivity index is 1.58. The number of carbonyl (C=O) groups excluding carboxylic acids is 3. The Bertz CT molecular complexity index is 1050. The molecule has 32 heavy (non-hydrogen) atoms. The highest BCUT2D eigenvalue weighted by molar-refractivity contribution is 6.00. The average Bonchev–Trinajstić information content (AvgIpc) is 3.15. The summed E-state index contributed by atoms with van der Waals surface area (Å²) in [6.45, 7) is 3.36. The Hall–Kier alpha value is -3.95. The van der Waals surface area contributed by atoms with Crippen LogP contribution in [0.2, 0.25) is 0 Å². The molecule has 10 heteroatoms. The van der Waals surface area contributed by atoms with E-state index in [0.717, 1.165) is 0 Å². The quantitative estimate of drug-likeness (QED) is 0.379. The van der Waals surface area contributed by atoms with Gasteiger partial charge < -0.3 is 19.7 Å². The fraction of sp³-hybridized carbons (Fsp3) is 0.318. The maximum atomic E-state index is 12.4. The van der Waals surface area contributed by atoms with E-state index in [-0.39, 0.29) is 24.6 Å². The largest absolute Gasteiger partial charge is 0.492 e. The average molecular weight is 441 g/mol. The second-order valence-electron chi connectivity index (χ2n) is 7.22. The highest BCUT2D eigenvalue weighted by atomic mass is 16.6. The van der Waals surface area contributed by atoms with Crippen molar-refractivity contribution in [2.45, 2.75) is 20.3 Å². The van der Waals surface area contributed by atoms with Crippen molar-refractivity contribution in [3.63, 3.8) is 0 Å². The number of benzene rings is 2. The van der Waals surface area contributed by atoms with Gasteiger partial charge in [0.25, 0.3) is 11.6 Å². The van der Waals surface area contributed by atoms with E-state index in [4.69, 9.17) is 9.47 Å². The first-order valence-corrected chi connectivity index (χ1v) is 10.0. The summed E-state index contributed by atoms with van der Waals surface area (Å²) in [6.07, 6.45) is -0.102. The molecule has 0 spiro atoms. The van der Waals surface area contributed by atoms with Gasteiger partial charge in [0, 0.05) is 24.6 Å². The first kappa shape index (κ1) is 22.7. The van der Waals surface area contributed by atoms with Crippen LogP contribution in [-0.2, 0) is 19.1 Å². The van der Waals surface area contributed by atoms with Crippen molar-refractivity contribution in [2.24, 2.45) is 5.92 Å². The van der Waals surface area contributed by atoms with Gasteiger partial charge in [0.15, 0.2) is 6.61 Å². The fourth-order valence-electron chi connectivity index (χ4n) is 3.37. The van der Waals surface area contributed by atoms with Crippen LogP contribution in [0.3, 0.4) is 0 Å². The number of esters is 1. The predicted molar refractivity (Wildman–Crippen MR) is 115 cm³/mol. The molecule has 0 aromatic heterocycles. The number of ether oxygens (including phenoxy) is 2. The van der Waals surface area contributed by atoms with Crippen LogP contribution in [0.25, 0.3) is 0 Å². The molecule has 1 aliphatic rings. The number of anilines is 2. The lowest BCUT2D eigenvalue weighted by Crippen LogP contribution is -2.28. The standard InChI is InChI=1S/C22H23N3O7/c1-3-31-19-7-5-4-6-17(19)23-20(26)13-32-22(28)15-10-21(27)24(12-15)16-9-8-14(2)18(11-16)25(29)30/h4-9,11,15H,3,10,12-13H2,1-2H3,(H,23,26)/t15-/m1/s1. The summed E-state index contributed by atoms with van der Waals surface area (Å²) in [5.74, 6) is -1.85. The summed E-state index contributed by atoms with van der Waals surface area (Å²) in [7, 11) is 0. The van der Waals surface area contributed by atoms with E-state index in [1.165, 1.54) is 11.0 Å². The summed E-state index contributed by atoms with van der Waals surface area (Å²) >= 11 is 0. The van der Waals surface area contributed by atoms with Crippen LogP contribution in [0.15, 0.2) is 42.5 Å². The third kappa shape index (κ3) is 5.20.